The molecule has 0 radical (unpaired) electrons. The van der Waals surface area contributed by atoms with E-state index in [4.69, 9.17) is 0 Å². The van der Waals surface area contributed by atoms with Crippen molar-refractivity contribution in [1.29, 1.82) is 0 Å². The number of rotatable bonds is 8. The third-order valence-electron chi connectivity index (χ3n) is 5.07. The van der Waals surface area contributed by atoms with Crippen LogP contribution in [0.25, 0.3) is 0 Å². The summed E-state index contributed by atoms with van der Waals surface area (Å²) in [5.41, 5.74) is 2.88. The Morgan fingerprint density at radius 1 is 0.700 bits per heavy atom. The SMILES string of the molecule is CC(C)c1cccc(C(C)C)c1NS(=O)(=O)CP(c1ccccc1)c1ccccc1. The molecule has 3 aromatic rings. The van der Waals surface area contributed by atoms with Crippen LogP contribution in [-0.2, 0) is 10.0 Å². The van der Waals surface area contributed by atoms with Crippen LogP contribution in [0, 0.1) is 0 Å². The Hall–Kier alpha value is -2.16. The van der Waals surface area contributed by atoms with Crippen molar-refractivity contribution in [2.45, 2.75) is 39.5 Å². The molecule has 0 saturated heterocycles. The van der Waals surface area contributed by atoms with Crippen LogP contribution < -0.4 is 15.3 Å². The molecule has 0 spiro atoms. The minimum absolute atomic E-state index is 0.0559. The van der Waals surface area contributed by atoms with E-state index in [-0.39, 0.29) is 17.3 Å². The molecule has 158 valence electrons. The van der Waals surface area contributed by atoms with Gasteiger partial charge in [0.05, 0.1) is 11.2 Å². The third kappa shape index (κ3) is 5.50. The molecule has 0 heterocycles. The van der Waals surface area contributed by atoms with Crippen molar-refractivity contribution in [3.05, 3.63) is 90.0 Å². The summed E-state index contributed by atoms with van der Waals surface area (Å²) >= 11 is 0. The first-order valence-corrected chi connectivity index (χ1v) is 13.5. The van der Waals surface area contributed by atoms with Crippen LogP contribution in [0.4, 0.5) is 5.69 Å². The molecule has 5 heteroatoms. The van der Waals surface area contributed by atoms with E-state index in [1.165, 1.54) is 0 Å². The highest BCUT2D eigenvalue weighted by atomic mass is 32.2. The van der Waals surface area contributed by atoms with Gasteiger partial charge in [-0.05, 0) is 41.5 Å². The molecular formula is C25H30NO2PS. The van der Waals surface area contributed by atoms with E-state index in [1.54, 1.807) is 0 Å². The highest BCUT2D eigenvalue weighted by molar-refractivity contribution is 8.01. The molecule has 1 N–H and O–H groups in total. The van der Waals surface area contributed by atoms with Crippen LogP contribution >= 0.6 is 7.92 Å². The van der Waals surface area contributed by atoms with Crippen LogP contribution in [0.2, 0.25) is 0 Å². The second kappa shape index (κ2) is 9.76. The van der Waals surface area contributed by atoms with Gasteiger partial charge in [-0.15, -0.1) is 0 Å². The Morgan fingerprint density at radius 2 is 1.13 bits per heavy atom. The second-order valence-electron chi connectivity index (χ2n) is 8.07. The molecule has 0 fully saturated rings. The maximum atomic E-state index is 13.4. The number of benzene rings is 3. The Morgan fingerprint density at radius 3 is 1.53 bits per heavy atom. The number of hydrogen-bond donors (Lipinski definition) is 1. The summed E-state index contributed by atoms with van der Waals surface area (Å²) in [7, 11) is -4.60. The minimum Gasteiger partial charge on any atom is -0.283 e. The molecule has 0 aliphatic heterocycles. The standard InChI is InChI=1S/C25H30NO2PS/c1-19(2)23-16-11-17-24(20(3)4)25(23)26-30(27,28)18-29(21-12-7-5-8-13-21)22-14-9-6-10-15-22/h5-17,19-20,26H,18H2,1-4H3. The zero-order chi connectivity index (χ0) is 21.7. The molecular weight excluding hydrogens is 409 g/mol. The van der Waals surface area contributed by atoms with E-state index >= 15 is 0 Å². The van der Waals surface area contributed by atoms with Gasteiger partial charge >= 0.3 is 0 Å². The Bertz CT molecular complexity index is 999. The topological polar surface area (TPSA) is 46.2 Å². The van der Waals surface area contributed by atoms with Gasteiger partial charge in [0.2, 0.25) is 10.0 Å². The fourth-order valence-corrected chi connectivity index (χ4v) is 8.26. The van der Waals surface area contributed by atoms with Gasteiger partial charge in [-0.25, -0.2) is 8.42 Å². The van der Waals surface area contributed by atoms with Crippen molar-refractivity contribution >= 4 is 34.2 Å². The Balaban J connectivity index is 1.99. The van der Waals surface area contributed by atoms with Gasteiger partial charge < -0.3 is 0 Å². The van der Waals surface area contributed by atoms with E-state index in [2.05, 4.69) is 32.4 Å². The molecule has 3 nitrogen and oxygen atoms in total. The normalized spacial score (nSPS) is 12.0. The van der Waals surface area contributed by atoms with Crippen molar-refractivity contribution in [1.82, 2.24) is 0 Å². The molecule has 0 saturated carbocycles. The molecule has 0 aromatic heterocycles. The Labute approximate surface area is 182 Å². The van der Waals surface area contributed by atoms with Crippen molar-refractivity contribution in [3.8, 4) is 0 Å². The van der Waals surface area contributed by atoms with E-state index in [9.17, 15) is 8.42 Å². The summed E-state index contributed by atoms with van der Waals surface area (Å²) in [6, 6.07) is 26.0. The summed E-state index contributed by atoms with van der Waals surface area (Å²) in [5, 5.41) is 2.12. The van der Waals surface area contributed by atoms with Gasteiger partial charge in [0, 0.05) is 0 Å². The van der Waals surface area contributed by atoms with Gasteiger partial charge in [-0.1, -0.05) is 107 Å². The molecule has 0 amide bonds. The monoisotopic (exact) mass is 439 g/mol. The number of sulfonamides is 1. The number of anilines is 1. The molecule has 0 bridgehead atoms. The molecule has 0 aliphatic carbocycles. The van der Waals surface area contributed by atoms with Gasteiger partial charge in [0.25, 0.3) is 0 Å². The van der Waals surface area contributed by atoms with Gasteiger partial charge in [-0.2, -0.15) is 0 Å². The summed E-state index contributed by atoms with van der Waals surface area (Å²) in [5.74, 6) is 0.456. The zero-order valence-electron chi connectivity index (χ0n) is 18.0. The lowest BCUT2D eigenvalue weighted by atomic mass is 9.93. The fraction of sp³-hybridized carbons (Fsp3) is 0.280. The summed E-state index contributed by atoms with van der Waals surface area (Å²) < 4.78 is 29.8. The first-order chi connectivity index (χ1) is 14.3. The van der Waals surface area contributed by atoms with Crippen LogP contribution in [0.15, 0.2) is 78.9 Å². The predicted octanol–water partition coefficient (Wildman–Crippen LogP) is 5.77. The van der Waals surface area contributed by atoms with Gasteiger partial charge in [0.15, 0.2) is 0 Å². The lowest BCUT2D eigenvalue weighted by Gasteiger charge is -2.23. The maximum Gasteiger partial charge on any atom is 0.237 e. The van der Waals surface area contributed by atoms with E-state index < -0.39 is 17.9 Å². The first-order valence-electron chi connectivity index (χ1n) is 10.3. The van der Waals surface area contributed by atoms with Crippen molar-refractivity contribution in [2.75, 3.05) is 10.2 Å². The van der Waals surface area contributed by atoms with Crippen LogP contribution in [0.3, 0.4) is 0 Å². The number of nitrogens with one attached hydrogen (secondary N) is 1. The first kappa shape index (κ1) is 22.5. The summed E-state index contributed by atoms with van der Waals surface area (Å²) in [4.78, 5) is 0. The molecule has 0 aliphatic rings. The highest BCUT2D eigenvalue weighted by Crippen LogP contribution is 2.38. The van der Waals surface area contributed by atoms with Crippen molar-refractivity contribution in [2.24, 2.45) is 0 Å². The molecule has 3 aromatic carbocycles. The predicted molar refractivity (Wildman–Crippen MR) is 131 cm³/mol. The maximum absolute atomic E-state index is 13.4. The molecule has 0 atom stereocenters. The van der Waals surface area contributed by atoms with E-state index in [1.807, 2.05) is 78.9 Å². The average molecular weight is 440 g/mol. The van der Waals surface area contributed by atoms with Crippen LogP contribution in [0.5, 0.6) is 0 Å². The number of hydrogen-bond acceptors (Lipinski definition) is 2. The highest BCUT2D eigenvalue weighted by Gasteiger charge is 2.25. The quantitative estimate of drug-likeness (QED) is 0.453. The molecule has 3 rings (SSSR count). The number of para-hydroxylation sites is 1. The van der Waals surface area contributed by atoms with Crippen LogP contribution in [0.1, 0.15) is 50.7 Å². The van der Waals surface area contributed by atoms with E-state index in [0.29, 0.717) is 0 Å². The minimum atomic E-state index is -3.56. The molecule has 0 unspecified atom stereocenters. The van der Waals surface area contributed by atoms with E-state index in [0.717, 1.165) is 27.4 Å². The average Bonchev–Trinajstić information content (AvgIpc) is 2.73. The Kier molecular flexibility index (Phi) is 7.33. The van der Waals surface area contributed by atoms with Gasteiger partial charge in [0.1, 0.15) is 0 Å². The zero-order valence-corrected chi connectivity index (χ0v) is 19.8. The van der Waals surface area contributed by atoms with Crippen LogP contribution in [-0.4, -0.2) is 13.9 Å². The smallest absolute Gasteiger partial charge is 0.237 e. The summed E-state index contributed by atoms with van der Waals surface area (Å²) in [6.07, 6.45) is 0. The fourth-order valence-electron chi connectivity index (χ4n) is 3.54. The molecule has 30 heavy (non-hydrogen) atoms. The van der Waals surface area contributed by atoms with Gasteiger partial charge in [-0.3, -0.25) is 4.72 Å². The van der Waals surface area contributed by atoms with Crippen molar-refractivity contribution < 1.29 is 8.42 Å². The second-order valence-corrected chi connectivity index (χ2v) is 12.4. The summed E-state index contributed by atoms with van der Waals surface area (Å²) in [6.45, 7) is 8.38. The van der Waals surface area contributed by atoms with Crippen molar-refractivity contribution in [3.63, 3.8) is 0 Å². The lowest BCUT2D eigenvalue weighted by Crippen LogP contribution is -2.24. The third-order valence-corrected chi connectivity index (χ3v) is 9.82. The lowest BCUT2D eigenvalue weighted by molar-refractivity contribution is 0.605. The largest absolute Gasteiger partial charge is 0.283 e.